The molecule has 5 heteroatoms. The molecule has 1 aliphatic rings. The van der Waals surface area contributed by atoms with Crippen molar-refractivity contribution in [1.29, 1.82) is 0 Å². The van der Waals surface area contributed by atoms with Crippen LogP contribution in [0.5, 0.6) is 0 Å². The number of aromatic nitrogens is 2. The van der Waals surface area contributed by atoms with Gasteiger partial charge in [-0.2, -0.15) is 5.10 Å². The summed E-state index contributed by atoms with van der Waals surface area (Å²) in [4.78, 5) is 0. The summed E-state index contributed by atoms with van der Waals surface area (Å²) in [7, 11) is -3.04. The summed E-state index contributed by atoms with van der Waals surface area (Å²) in [6.07, 6.45) is 1.55. The maximum absolute atomic E-state index is 11.4. The summed E-state index contributed by atoms with van der Waals surface area (Å²) >= 11 is 0. The van der Waals surface area contributed by atoms with Crippen LogP contribution >= 0.6 is 0 Å². The predicted octanol–water partition coefficient (Wildman–Crippen LogP) is 0.438. The van der Waals surface area contributed by atoms with Gasteiger partial charge in [-0.1, -0.05) is 0 Å². The van der Waals surface area contributed by atoms with Crippen molar-refractivity contribution in [3.05, 3.63) is 11.3 Å². The highest BCUT2D eigenvalue weighted by atomic mass is 32.2. The molecule has 0 aliphatic carbocycles. The highest BCUT2D eigenvalue weighted by Gasteiger charge is 2.26. The van der Waals surface area contributed by atoms with Crippen LogP contribution in [0.1, 0.15) is 17.7 Å². The Morgan fingerprint density at radius 1 is 1.50 bits per heavy atom. The molecule has 0 bridgehead atoms. The number of nitrogens with zero attached hydrogens (tertiary/aromatic N) is 1. The smallest absolute Gasteiger partial charge is 0.195 e. The van der Waals surface area contributed by atoms with Crippen molar-refractivity contribution in [2.24, 2.45) is 0 Å². The molecule has 2 heterocycles. The van der Waals surface area contributed by atoms with Crippen molar-refractivity contribution >= 4 is 9.84 Å². The maximum Gasteiger partial charge on any atom is 0.195 e. The van der Waals surface area contributed by atoms with Crippen LogP contribution in [0.4, 0.5) is 0 Å². The van der Waals surface area contributed by atoms with E-state index >= 15 is 0 Å². The van der Waals surface area contributed by atoms with Crippen LogP contribution in [0.15, 0.2) is 5.03 Å². The number of hydrogen-bond donors (Lipinski definition) is 1. The molecule has 2 rings (SSSR count). The molecule has 0 fully saturated rings. The Kier molecular flexibility index (Phi) is 1.51. The van der Waals surface area contributed by atoms with Gasteiger partial charge in [0.2, 0.25) is 0 Å². The number of nitrogens with one attached hydrogen (secondary N) is 1. The molecule has 0 saturated carbocycles. The van der Waals surface area contributed by atoms with Gasteiger partial charge in [-0.15, -0.1) is 0 Å². The molecule has 66 valence electrons. The van der Waals surface area contributed by atoms with E-state index in [-0.39, 0.29) is 5.75 Å². The van der Waals surface area contributed by atoms with E-state index in [1.54, 1.807) is 0 Å². The summed E-state index contributed by atoms with van der Waals surface area (Å²) in [6, 6.07) is 0. The zero-order valence-corrected chi connectivity index (χ0v) is 7.61. The van der Waals surface area contributed by atoms with E-state index in [2.05, 4.69) is 10.2 Å². The molecule has 0 amide bonds. The van der Waals surface area contributed by atoms with Gasteiger partial charge in [-0.3, -0.25) is 5.10 Å². The first-order chi connectivity index (χ1) is 5.61. The van der Waals surface area contributed by atoms with E-state index in [9.17, 15) is 8.42 Å². The maximum atomic E-state index is 11.4. The van der Waals surface area contributed by atoms with Crippen LogP contribution in [0, 0.1) is 6.92 Å². The Hall–Kier alpha value is -0.840. The molecule has 1 N–H and O–H groups in total. The molecular formula is C7H10N2O2S. The van der Waals surface area contributed by atoms with Crippen LogP contribution in [-0.4, -0.2) is 24.4 Å². The zero-order valence-electron chi connectivity index (χ0n) is 6.79. The van der Waals surface area contributed by atoms with E-state index in [0.29, 0.717) is 5.03 Å². The van der Waals surface area contributed by atoms with Crippen LogP contribution in [0.2, 0.25) is 0 Å². The Morgan fingerprint density at radius 3 is 2.92 bits per heavy atom. The molecule has 4 nitrogen and oxygen atoms in total. The molecule has 12 heavy (non-hydrogen) atoms. The number of rotatable bonds is 0. The van der Waals surface area contributed by atoms with Crippen molar-refractivity contribution in [3.8, 4) is 0 Å². The van der Waals surface area contributed by atoms with Crippen molar-refractivity contribution in [1.82, 2.24) is 10.2 Å². The second-order valence-electron chi connectivity index (χ2n) is 3.04. The minimum absolute atomic E-state index is 0.252. The van der Waals surface area contributed by atoms with Gasteiger partial charge in [0, 0.05) is 5.56 Å². The van der Waals surface area contributed by atoms with Gasteiger partial charge in [-0.25, -0.2) is 8.42 Å². The quantitative estimate of drug-likeness (QED) is 0.639. The van der Waals surface area contributed by atoms with Gasteiger partial charge in [0.1, 0.15) is 0 Å². The molecule has 1 aliphatic heterocycles. The molecule has 0 aromatic carbocycles. The average molecular weight is 186 g/mol. The van der Waals surface area contributed by atoms with Gasteiger partial charge >= 0.3 is 0 Å². The summed E-state index contributed by atoms with van der Waals surface area (Å²) in [5.41, 5.74) is 1.69. The van der Waals surface area contributed by atoms with E-state index in [4.69, 9.17) is 0 Å². The summed E-state index contributed by atoms with van der Waals surface area (Å²) in [6.45, 7) is 1.83. The lowest BCUT2D eigenvalue weighted by Gasteiger charge is -2.10. The molecule has 0 radical (unpaired) electrons. The van der Waals surface area contributed by atoms with Crippen molar-refractivity contribution in [2.45, 2.75) is 24.8 Å². The zero-order chi connectivity index (χ0) is 8.77. The van der Waals surface area contributed by atoms with Crippen LogP contribution in [0.3, 0.4) is 0 Å². The first kappa shape index (κ1) is 7.79. The lowest BCUT2D eigenvalue weighted by Crippen LogP contribution is -2.15. The predicted molar refractivity (Wildman–Crippen MR) is 43.7 cm³/mol. The van der Waals surface area contributed by atoms with Crippen LogP contribution < -0.4 is 0 Å². The summed E-state index contributed by atoms with van der Waals surface area (Å²) in [5.74, 6) is 0.252. The number of hydrogen-bond acceptors (Lipinski definition) is 3. The Morgan fingerprint density at radius 2 is 2.25 bits per heavy atom. The van der Waals surface area contributed by atoms with Crippen molar-refractivity contribution in [2.75, 3.05) is 5.75 Å². The fourth-order valence-corrected chi connectivity index (χ4v) is 3.07. The normalized spacial score (nSPS) is 20.4. The minimum atomic E-state index is -3.04. The lowest BCUT2D eigenvalue weighted by molar-refractivity contribution is 0.582. The van der Waals surface area contributed by atoms with Gasteiger partial charge in [0.05, 0.1) is 11.4 Å². The van der Waals surface area contributed by atoms with E-state index in [1.165, 1.54) is 0 Å². The number of aromatic amines is 1. The van der Waals surface area contributed by atoms with Crippen LogP contribution in [0.25, 0.3) is 0 Å². The summed E-state index contributed by atoms with van der Waals surface area (Å²) in [5, 5.41) is 6.81. The molecule has 0 atom stereocenters. The second-order valence-corrected chi connectivity index (χ2v) is 5.09. The summed E-state index contributed by atoms with van der Waals surface area (Å²) < 4.78 is 22.8. The topological polar surface area (TPSA) is 62.8 Å². The second kappa shape index (κ2) is 2.32. The Labute approximate surface area is 70.9 Å². The molecule has 1 aromatic heterocycles. The van der Waals surface area contributed by atoms with Crippen molar-refractivity contribution < 1.29 is 8.42 Å². The minimum Gasteiger partial charge on any atom is -0.267 e. The highest BCUT2D eigenvalue weighted by Crippen LogP contribution is 2.24. The third kappa shape index (κ3) is 0.964. The Bertz CT molecular complexity index is 405. The number of H-pyrrole nitrogens is 1. The largest absolute Gasteiger partial charge is 0.267 e. The molecule has 0 spiro atoms. The molecule has 1 aromatic rings. The third-order valence-electron chi connectivity index (χ3n) is 2.19. The first-order valence-corrected chi connectivity index (χ1v) is 5.53. The first-order valence-electron chi connectivity index (χ1n) is 3.88. The number of sulfone groups is 1. The monoisotopic (exact) mass is 186 g/mol. The van der Waals surface area contributed by atoms with Gasteiger partial charge in [0.25, 0.3) is 0 Å². The fourth-order valence-electron chi connectivity index (χ4n) is 1.53. The third-order valence-corrected chi connectivity index (χ3v) is 3.97. The molecular weight excluding hydrogens is 176 g/mol. The average Bonchev–Trinajstić information content (AvgIpc) is 2.33. The lowest BCUT2D eigenvalue weighted by atomic mass is 10.1. The highest BCUT2D eigenvalue weighted by molar-refractivity contribution is 7.91. The number of aryl methyl sites for hydroxylation is 1. The standard InChI is InChI=1S/C7H10N2O2S/c1-5-6-3-2-4-12(10,11)7(6)9-8-5/h2-4H2,1H3,(H,8,9). The van der Waals surface area contributed by atoms with Crippen LogP contribution in [-0.2, 0) is 16.3 Å². The fraction of sp³-hybridized carbons (Fsp3) is 0.571. The number of fused-ring (bicyclic) bond motifs is 1. The van der Waals surface area contributed by atoms with Crippen molar-refractivity contribution in [3.63, 3.8) is 0 Å². The molecule has 0 unspecified atom stereocenters. The van der Waals surface area contributed by atoms with E-state index in [1.807, 2.05) is 6.92 Å². The van der Waals surface area contributed by atoms with Gasteiger partial charge in [-0.05, 0) is 19.8 Å². The van der Waals surface area contributed by atoms with Gasteiger partial charge in [0.15, 0.2) is 14.9 Å². The van der Waals surface area contributed by atoms with Gasteiger partial charge < -0.3 is 0 Å². The van der Waals surface area contributed by atoms with E-state index < -0.39 is 9.84 Å². The Balaban J connectivity index is 2.69. The SMILES string of the molecule is Cc1n[nH]c2c1CCCS2(=O)=O. The van der Waals surface area contributed by atoms with E-state index in [0.717, 1.165) is 24.1 Å². The molecule has 0 saturated heterocycles.